The second-order valence-electron chi connectivity index (χ2n) is 3.32. The molecule has 0 aromatic heterocycles. The van der Waals surface area contributed by atoms with Gasteiger partial charge in [-0.2, -0.15) is 5.10 Å². The van der Waals surface area contributed by atoms with Gasteiger partial charge in [0.05, 0.1) is 13.7 Å². The second kappa shape index (κ2) is 3.31. The van der Waals surface area contributed by atoms with Crippen LogP contribution in [0.4, 0.5) is 0 Å². The van der Waals surface area contributed by atoms with Crippen LogP contribution in [0.3, 0.4) is 0 Å². The molecular weight excluding hydrogens is 173 g/mol. The minimum Gasteiger partial charge on any atom is -0.382 e. The molecule has 0 spiro atoms. The Balaban J connectivity index is 2.59. The first-order valence-electron chi connectivity index (χ1n) is 3.78. The molecule has 0 aromatic carbocycles. The van der Waals surface area contributed by atoms with Gasteiger partial charge in [-0.1, -0.05) is 6.08 Å². The molecule has 0 aliphatic carbocycles. The van der Waals surface area contributed by atoms with Crippen molar-refractivity contribution in [2.75, 3.05) is 26.0 Å². The lowest BCUT2D eigenvalue weighted by Gasteiger charge is -2.02. The normalized spacial score (nSPS) is 20.8. The van der Waals surface area contributed by atoms with Gasteiger partial charge in [-0.05, 0) is 13.3 Å². The lowest BCUT2D eigenvalue weighted by Crippen LogP contribution is -2.12. The van der Waals surface area contributed by atoms with Gasteiger partial charge in [0.1, 0.15) is 5.84 Å². The summed E-state index contributed by atoms with van der Waals surface area (Å²) in [4.78, 5) is 0. The molecule has 0 saturated carbocycles. The lowest BCUT2D eigenvalue weighted by atomic mass is 10.2. The summed E-state index contributed by atoms with van der Waals surface area (Å²) in [5.74, 6) is 0.517. The highest BCUT2D eigenvalue weighted by molar-refractivity contribution is 7.62. The number of amidine groups is 1. The standard InChI is InChI=1S/C7H14N3OP/c1-12(2,11)4-3-6-5-9-10-7(6)8/h3,9H,4-5H2,1-2H3,(H2,8,10)/b6-3+. The van der Waals surface area contributed by atoms with Crippen molar-refractivity contribution in [3.63, 3.8) is 0 Å². The summed E-state index contributed by atoms with van der Waals surface area (Å²) in [6.45, 7) is 4.19. The van der Waals surface area contributed by atoms with E-state index in [0.29, 0.717) is 18.5 Å². The average molecular weight is 187 g/mol. The Morgan fingerprint density at radius 2 is 2.42 bits per heavy atom. The maximum atomic E-state index is 11.3. The first-order chi connectivity index (χ1) is 5.49. The maximum absolute atomic E-state index is 11.3. The minimum absolute atomic E-state index is 0.517. The molecule has 1 aliphatic rings. The van der Waals surface area contributed by atoms with E-state index in [2.05, 4.69) is 10.5 Å². The van der Waals surface area contributed by atoms with E-state index in [1.54, 1.807) is 13.3 Å². The molecule has 0 fully saturated rings. The van der Waals surface area contributed by atoms with E-state index in [0.717, 1.165) is 5.57 Å². The molecule has 0 atom stereocenters. The van der Waals surface area contributed by atoms with Crippen LogP contribution in [-0.2, 0) is 4.57 Å². The summed E-state index contributed by atoms with van der Waals surface area (Å²) >= 11 is 0. The predicted octanol–water partition coefficient (Wildman–Crippen LogP) is 0.411. The van der Waals surface area contributed by atoms with E-state index in [1.807, 2.05) is 6.08 Å². The maximum Gasteiger partial charge on any atom is 0.148 e. The smallest absolute Gasteiger partial charge is 0.148 e. The second-order valence-corrected chi connectivity index (χ2v) is 6.83. The van der Waals surface area contributed by atoms with Gasteiger partial charge in [-0.15, -0.1) is 0 Å². The zero-order valence-corrected chi connectivity index (χ0v) is 8.27. The van der Waals surface area contributed by atoms with Crippen molar-refractivity contribution in [1.82, 2.24) is 5.43 Å². The quantitative estimate of drug-likeness (QED) is 0.615. The molecule has 0 unspecified atom stereocenters. The van der Waals surface area contributed by atoms with Gasteiger partial charge < -0.3 is 15.7 Å². The molecule has 68 valence electrons. The third kappa shape index (κ3) is 2.70. The largest absolute Gasteiger partial charge is 0.382 e. The van der Waals surface area contributed by atoms with Crippen LogP contribution in [-0.4, -0.2) is 31.9 Å². The first-order valence-corrected chi connectivity index (χ1v) is 6.57. The van der Waals surface area contributed by atoms with Crippen LogP contribution in [0, 0.1) is 0 Å². The fourth-order valence-electron chi connectivity index (χ4n) is 0.879. The van der Waals surface area contributed by atoms with Crippen LogP contribution in [0.5, 0.6) is 0 Å². The summed E-state index contributed by atoms with van der Waals surface area (Å²) in [5, 5.41) is 3.80. The molecule has 1 rings (SSSR count). The zero-order chi connectivity index (χ0) is 9.19. The molecule has 1 heterocycles. The van der Waals surface area contributed by atoms with Crippen molar-refractivity contribution in [1.29, 1.82) is 0 Å². The highest BCUT2D eigenvalue weighted by Gasteiger charge is 2.11. The van der Waals surface area contributed by atoms with Crippen molar-refractivity contribution in [2.24, 2.45) is 10.8 Å². The lowest BCUT2D eigenvalue weighted by molar-refractivity contribution is 0.584. The number of hydrazone groups is 1. The number of nitrogens with one attached hydrogen (secondary N) is 1. The Labute approximate surface area is 72.3 Å². The number of nitrogens with two attached hydrogens (primary N) is 1. The minimum atomic E-state index is -1.96. The van der Waals surface area contributed by atoms with Crippen molar-refractivity contribution in [3.8, 4) is 0 Å². The van der Waals surface area contributed by atoms with Crippen molar-refractivity contribution >= 4 is 13.0 Å². The van der Waals surface area contributed by atoms with Gasteiger partial charge in [0, 0.05) is 11.7 Å². The van der Waals surface area contributed by atoms with E-state index < -0.39 is 7.14 Å². The van der Waals surface area contributed by atoms with E-state index in [1.165, 1.54) is 0 Å². The highest BCUT2D eigenvalue weighted by Crippen LogP contribution is 2.35. The molecule has 5 heteroatoms. The summed E-state index contributed by atoms with van der Waals surface area (Å²) in [7, 11) is -1.96. The third-order valence-electron chi connectivity index (χ3n) is 1.58. The van der Waals surface area contributed by atoms with Crippen molar-refractivity contribution in [3.05, 3.63) is 11.6 Å². The van der Waals surface area contributed by atoms with E-state index in [9.17, 15) is 4.57 Å². The molecule has 0 radical (unpaired) electrons. The number of allylic oxidation sites excluding steroid dienone is 1. The van der Waals surface area contributed by atoms with Crippen LogP contribution >= 0.6 is 7.14 Å². The van der Waals surface area contributed by atoms with Crippen LogP contribution in [0.1, 0.15) is 0 Å². The summed E-state index contributed by atoms with van der Waals surface area (Å²) in [5.41, 5.74) is 9.26. The Kier molecular flexibility index (Phi) is 2.58. The van der Waals surface area contributed by atoms with Gasteiger partial charge >= 0.3 is 0 Å². The van der Waals surface area contributed by atoms with Crippen LogP contribution < -0.4 is 11.2 Å². The van der Waals surface area contributed by atoms with Gasteiger partial charge in [0.2, 0.25) is 0 Å². The number of nitrogens with zero attached hydrogens (tertiary/aromatic N) is 1. The topological polar surface area (TPSA) is 67.5 Å². The first kappa shape index (κ1) is 9.33. The fourth-order valence-corrected chi connectivity index (χ4v) is 1.54. The number of hydrogen-bond donors (Lipinski definition) is 2. The Bertz CT molecular complexity index is 276. The molecule has 0 bridgehead atoms. The Morgan fingerprint density at radius 3 is 2.83 bits per heavy atom. The SMILES string of the molecule is CP(C)(=O)C/C=C1\CNN=C1N. The van der Waals surface area contributed by atoms with E-state index >= 15 is 0 Å². The van der Waals surface area contributed by atoms with Gasteiger partial charge in [-0.25, -0.2) is 0 Å². The monoisotopic (exact) mass is 187 g/mol. The molecule has 0 saturated heterocycles. The van der Waals surface area contributed by atoms with Crippen LogP contribution in [0.15, 0.2) is 16.8 Å². The Hall–Kier alpha value is -0.760. The van der Waals surface area contributed by atoms with Gasteiger partial charge in [0.15, 0.2) is 0 Å². The van der Waals surface area contributed by atoms with Crippen molar-refractivity contribution in [2.45, 2.75) is 0 Å². The van der Waals surface area contributed by atoms with E-state index in [-0.39, 0.29) is 0 Å². The zero-order valence-electron chi connectivity index (χ0n) is 7.37. The molecular formula is C7H14N3OP. The molecule has 1 aliphatic heterocycles. The Morgan fingerprint density at radius 1 is 1.75 bits per heavy atom. The van der Waals surface area contributed by atoms with Crippen molar-refractivity contribution < 1.29 is 4.57 Å². The molecule has 0 amide bonds. The summed E-state index contributed by atoms with van der Waals surface area (Å²) in [6.07, 6.45) is 2.50. The molecule has 12 heavy (non-hydrogen) atoms. The predicted molar refractivity (Wildman–Crippen MR) is 52.0 cm³/mol. The van der Waals surface area contributed by atoms with Crippen LogP contribution in [0.25, 0.3) is 0 Å². The van der Waals surface area contributed by atoms with Gasteiger partial charge in [0.25, 0.3) is 0 Å². The van der Waals surface area contributed by atoms with E-state index in [4.69, 9.17) is 5.73 Å². The average Bonchev–Trinajstić information content (AvgIpc) is 2.29. The van der Waals surface area contributed by atoms with Crippen LogP contribution in [0.2, 0.25) is 0 Å². The fraction of sp³-hybridized carbons (Fsp3) is 0.571. The number of rotatable bonds is 2. The molecule has 4 nitrogen and oxygen atoms in total. The number of hydrogen-bond acceptors (Lipinski definition) is 4. The summed E-state index contributed by atoms with van der Waals surface area (Å²) in [6, 6.07) is 0. The van der Waals surface area contributed by atoms with Gasteiger partial charge in [-0.3, -0.25) is 0 Å². The molecule has 0 aromatic rings. The summed E-state index contributed by atoms with van der Waals surface area (Å²) < 4.78 is 11.3. The molecule has 3 N–H and O–H groups in total. The third-order valence-corrected chi connectivity index (χ3v) is 2.64. The highest BCUT2D eigenvalue weighted by atomic mass is 31.2.